The van der Waals surface area contributed by atoms with E-state index in [1.807, 2.05) is 31.2 Å². The number of benzene rings is 2. The van der Waals surface area contributed by atoms with Crippen molar-refractivity contribution < 1.29 is 24.6 Å². The number of carbonyl (C=O) groups excluding carboxylic acids is 3. The molecule has 2 aromatic rings. The van der Waals surface area contributed by atoms with Crippen molar-refractivity contribution in [2.24, 2.45) is 0 Å². The quantitative estimate of drug-likeness (QED) is 0.315. The summed E-state index contributed by atoms with van der Waals surface area (Å²) in [7, 11) is 0. The van der Waals surface area contributed by atoms with Crippen LogP contribution in [0, 0.1) is 6.92 Å². The number of nitrogens with zero attached hydrogens (tertiary/aromatic N) is 1. The van der Waals surface area contributed by atoms with Crippen molar-refractivity contribution in [1.29, 1.82) is 0 Å². The largest absolute Gasteiger partial charge is 0.550 e. The second kappa shape index (κ2) is 9.39. The van der Waals surface area contributed by atoms with Crippen LogP contribution < -0.4 is 5.11 Å². The number of aliphatic hydroxyl groups is 1. The summed E-state index contributed by atoms with van der Waals surface area (Å²) in [6.07, 6.45) is 1.56. The van der Waals surface area contributed by atoms with Crippen LogP contribution in [0.1, 0.15) is 48.4 Å². The molecule has 6 heteroatoms. The molecule has 0 bridgehead atoms. The number of carboxylic acids is 1. The maximum Gasteiger partial charge on any atom is 0.295 e. The average molecular weight is 406 g/mol. The van der Waals surface area contributed by atoms with Gasteiger partial charge in [0.05, 0.1) is 11.6 Å². The van der Waals surface area contributed by atoms with E-state index < -0.39 is 23.7 Å². The fraction of sp³-hybridized carbons (Fsp3) is 0.292. The maximum atomic E-state index is 12.9. The molecule has 1 amide bonds. The highest BCUT2D eigenvalue weighted by Crippen LogP contribution is 2.39. The predicted molar refractivity (Wildman–Crippen MR) is 110 cm³/mol. The van der Waals surface area contributed by atoms with Crippen LogP contribution >= 0.6 is 0 Å². The van der Waals surface area contributed by atoms with Crippen molar-refractivity contribution in [2.75, 3.05) is 6.54 Å². The van der Waals surface area contributed by atoms with Crippen LogP contribution in [0.3, 0.4) is 0 Å². The third-order valence-corrected chi connectivity index (χ3v) is 5.26. The second-order valence-corrected chi connectivity index (χ2v) is 7.45. The van der Waals surface area contributed by atoms with Crippen molar-refractivity contribution in [3.05, 3.63) is 76.9 Å². The summed E-state index contributed by atoms with van der Waals surface area (Å²) in [4.78, 5) is 37.7. The van der Waals surface area contributed by atoms with Crippen LogP contribution in [-0.4, -0.2) is 34.2 Å². The number of hydrogen-bond acceptors (Lipinski definition) is 5. The zero-order chi connectivity index (χ0) is 21.7. The van der Waals surface area contributed by atoms with Gasteiger partial charge in [-0.1, -0.05) is 66.6 Å². The lowest BCUT2D eigenvalue weighted by Gasteiger charge is -2.25. The number of carboxylic acid groups (broad SMARTS) is 1. The first-order chi connectivity index (χ1) is 14.4. The van der Waals surface area contributed by atoms with Crippen molar-refractivity contribution in [2.45, 2.75) is 38.6 Å². The molecule has 0 aromatic heterocycles. The molecule has 1 saturated heterocycles. The molecule has 156 valence electrons. The summed E-state index contributed by atoms with van der Waals surface area (Å²) in [5, 5.41) is 21.5. The Balaban J connectivity index is 1.95. The SMILES string of the molecule is Cc1ccc([C@@H]2C(=C(O)c3ccccc3)C(=O)C(=O)N2CCCCCC(=O)[O-])cc1. The van der Waals surface area contributed by atoms with Gasteiger partial charge in [-0.3, -0.25) is 9.59 Å². The predicted octanol–water partition coefficient (Wildman–Crippen LogP) is 2.73. The number of Topliss-reactive ketones (excluding diaryl/α,β-unsaturated/α-hetero) is 1. The molecule has 0 saturated carbocycles. The highest BCUT2D eigenvalue weighted by molar-refractivity contribution is 6.46. The topological polar surface area (TPSA) is 97.7 Å². The molecule has 6 nitrogen and oxygen atoms in total. The number of aryl methyl sites for hydroxylation is 1. The monoisotopic (exact) mass is 406 g/mol. The zero-order valence-electron chi connectivity index (χ0n) is 16.8. The molecule has 1 heterocycles. The molecule has 1 aliphatic rings. The molecule has 0 unspecified atom stereocenters. The molecule has 0 aliphatic carbocycles. The lowest BCUT2D eigenvalue weighted by atomic mass is 9.94. The van der Waals surface area contributed by atoms with Gasteiger partial charge < -0.3 is 19.9 Å². The van der Waals surface area contributed by atoms with Crippen LogP contribution in [0.15, 0.2) is 60.2 Å². The Hall–Kier alpha value is -3.41. The van der Waals surface area contributed by atoms with E-state index in [9.17, 15) is 24.6 Å². The fourth-order valence-electron chi connectivity index (χ4n) is 3.69. The average Bonchev–Trinajstić information content (AvgIpc) is 2.99. The first kappa shape index (κ1) is 21.3. The van der Waals surface area contributed by atoms with Gasteiger partial charge in [0.15, 0.2) is 0 Å². The number of likely N-dealkylation sites (tertiary alicyclic amines) is 1. The van der Waals surface area contributed by atoms with Gasteiger partial charge in [-0.15, -0.1) is 0 Å². The molecule has 0 spiro atoms. The molecular formula is C24H24NO5-. The zero-order valence-corrected chi connectivity index (χ0v) is 16.8. The van der Waals surface area contributed by atoms with Gasteiger partial charge in [0.25, 0.3) is 11.7 Å². The summed E-state index contributed by atoms with van der Waals surface area (Å²) in [5.74, 6) is -2.66. The van der Waals surface area contributed by atoms with Crippen LogP contribution in [0.2, 0.25) is 0 Å². The number of aliphatic hydroxyl groups excluding tert-OH is 1. The number of rotatable bonds is 8. The number of carbonyl (C=O) groups is 3. The lowest BCUT2D eigenvalue weighted by Crippen LogP contribution is -2.30. The molecule has 1 atom stereocenters. The van der Waals surface area contributed by atoms with Gasteiger partial charge in [-0.05, 0) is 31.7 Å². The van der Waals surface area contributed by atoms with Crippen molar-refractivity contribution in [3.8, 4) is 0 Å². The minimum Gasteiger partial charge on any atom is -0.550 e. The number of ketones is 1. The van der Waals surface area contributed by atoms with Gasteiger partial charge in [0.1, 0.15) is 5.76 Å². The van der Waals surface area contributed by atoms with E-state index in [-0.39, 0.29) is 17.8 Å². The van der Waals surface area contributed by atoms with Crippen molar-refractivity contribution >= 4 is 23.4 Å². The van der Waals surface area contributed by atoms with E-state index in [1.54, 1.807) is 30.3 Å². The number of unbranched alkanes of at least 4 members (excludes halogenated alkanes) is 2. The van der Waals surface area contributed by atoms with Gasteiger partial charge in [-0.25, -0.2) is 0 Å². The Bertz CT molecular complexity index is 963. The molecule has 1 aliphatic heterocycles. The van der Waals surface area contributed by atoms with Crippen molar-refractivity contribution in [3.63, 3.8) is 0 Å². The van der Waals surface area contributed by atoms with Crippen molar-refractivity contribution in [1.82, 2.24) is 4.90 Å². The van der Waals surface area contributed by atoms with Crippen LogP contribution in [-0.2, 0) is 14.4 Å². The highest BCUT2D eigenvalue weighted by Gasteiger charge is 2.45. The third-order valence-electron chi connectivity index (χ3n) is 5.26. The first-order valence-corrected chi connectivity index (χ1v) is 10.0. The second-order valence-electron chi connectivity index (χ2n) is 7.45. The Morgan fingerprint density at radius 3 is 2.30 bits per heavy atom. The summed E-state index contributed by atoms with van der Waals surface area (Å²) in [5.41, 5.74) is 2.33. The van der Waals surface area contributed by atoms with Crippen LogP contribution in [0.4, 0.5) is 0 Å². The molecule has 2 aromatic carbocycles. The van der Waals surface area contributed by atoms with E-state index in [4.69, 9.17) is 0 Å². The number of hydrogen-bond donors (Lipinski definition) is 1. The van der Waals surface area contributed by atoms with E-state index in [0.29, 0.717) is 31.4 Å². The number of amides is 1. The van der Waals surface area contributed by atoms with Gasteiger partial charge in [0, 0.05) is 18.1 Å². The molecule has 3 rings (SSSR count). The molecule has 1 fully saturated rings. The molecule has 30 heavy (non-hydrogen) atoms. The van der Waals surface area contributed by atoms with E-state index in [2.05, 4.69) is 0 Å². The molecule has 0 radical (unpaired) electrons. The Morgan fingerprint density at radius 1 is 1.00 bits per heavy atom. The molecule has 1 N–H and O–H groups in total. The summed E-state index contributed by atoms with van der Waals surface area (Å²) in [6, 6.07) is 15.5. The van der Waals surface area contributed by atoms with Crippen LogP contribution in [0.25, 0.3) is 5.76 Å². The third kappa shape index (κ3) is 4.59. The summed E-state index contributed by atoms with van der Waals surface area (Å²) in [6.45, 7) is 2.24. The van der Waals surface area contributed by atoms with Gasteiger partial charge in [-0.2, -0.15) is 0 Å². The standard InChI is InChI=1S/C24H25NO5/c1-16-11-13-17(14-12-16)21-20(22(28)18-8-4-2-5-9-18)23(29)24(30)25(21)15-7-3-6-10-19(26)27/h2,4-5,8-9,11-14,21,28H,3,6-7,10,15H2,1H3,(H,26,27)/p-1/t21-/m1/s1. The normalized spacial score (nSPS) is 18.0. The van der Waals surface area contributed by atoms with E-state index >= 15 is 0 Å². The first-order valence-electron chi connectivity index (χ1n) is 10.0. The summed E-state index contributed by atoms with van der Waals surface area (Å²) >= 11 is 0. The van der Waals surface area contributed by atoms with E-state index in [1.165, 1.54) is 4.90 Å². The minimum atomic E-state index is -1.10. The van der Waals surface area contributed by atoms with Gasteiger partial charge >= 0.3 is 0 Å². The Labute approximate surface area is 175 Å². The number of aliphatic carboxylic acids is 1. The molecular weight excluding hydrogens is 382 g/mol. The highest BCUT2D eigenvalue weighted by atomic mass is 16.4. The Morgan fingerprint density at radius 2 is 1.67 bits per heavy atom. The smallest absolute Gasteiger partial charge is 0.295 e. The van der Waals surface area contributed by atoms with Gasteiger partial charge in [0.2, 0.25) is 0 Å². The summed E-state index contributed by atoms with van der Waals surface area (Å²) < 4.78 is 0. The Kier molecular flexibility index (Phi) is 6.67. The van der Waals surface area contributed by atoms with E-state index in [0.717, 1.165) is 11.1 Å². The van der Waals surface area contributed by atoms with Crippen LogP contribution in [0.5, 0.6) is 0 Å². The lowest BCUT2D eigenvalue weighted by molar-refractivity contribution is -0.305. The minimum absolute atomic E-state index is 0.0335. The maximum absolute atomic E-state index is 12.9. The fourth-order valence-corrected chi connectivity index (χ4v) is 3.69.